The van der Waals surface area contributed by atoms with Gasteiger partial charge in [0.1, 0.15) is 4.99 Å². The van der Waals surface area contributed by atoms with E-state index in [-0.39, 0.29) is 12.1 Å². The maximum Gasteiger partial charge on any atom is 0.162 e. The van der Waals surface area contributed by atoms with E-state index >= 15 is 0 Å². The van der Waals surface area contributed by atoms with Gasteiger partial charge in [-0.1, -0.05) is 12.2 Å². The molecule has 1 saturated heterocycles. The zero-order chi connectivity index (χ0) is 14.2. The minimum absolute atomic E-state index is 0.166. The van der Waals surface area contributed by atoms with E-state index in [1.54, 1.807) is 0 Å². The van der Waals surface area contributed by atoms with E-state index in [9.17, 15) is 0 Å². The Bertz CT molecular complexity index is 506. The molecule has 1 aromatic rings. The number of aromatic nitrogens is 2. The molecule has 0 bridgehead atoms. The van der Waals surface area contributed by atoms with Crippen LogP contribution in [0.5, 0.6) is 0 Å². The van der Waals surface area contributed by atoms with Crippen molar-refractivity contribution in [3.63, 3.8) is 0 Å². The van der Waals surface area contributed by atoms with E-state index in [0.29, 0.717) is 11.6 Å². The van der Waals surface area contributed by atoms with Crippen LogP contribution in [0.2, 0.25) is 0 Å². The first-order valence-electron chi connectivity index (χ1n) is 6.43. The lowest BCUT2D eigenvalue weighted by atomic mass is 10.1. The van der Waals surface area contributed by atoms with Crippen molar-refractivity contribution in [2.75, 3.05) is 18.1 Å². The van der Waals surface area contributed by atoms with E-state index in [1.807, 2.05) is 20.8 Å². The standard InChI is InChI=1S/C13H20N4OS/c1-7-6-18-8(2)5-17(7)13-11(12(14)19)9(3)10(4)15-16-13/h7-8H,5-6H2,1-4H3,(H2,14,19). The summed E-state index contributed by atoms with van der Waals surface area (Å²) in [6.07, 6.45) is 0.166. The first kappa shape index (κ1) is 14.1. The Balaban J connectivity index is 2.49. The van der Waals surface area contributed by atoms with Crippen LogP contribution in [0.15, 0.2) is 0 Å². The number of nitrogens with two attached hydrogens (primary N) is 1. The van der Waals surface area contributed by atoms with Crippen molar-refractivity contribution in [2.24, 2.45) is 5.73 Å². The summed E-state index contributed by atoms with van der Waals surface area (Å²) >= 11 is 5.19. The maximum atomic E-state index is 5.88. The van der Waals surface area contributed by atoms with E-state index in [4.69, 9.17) is 22.7 Å². The number of aryl methyl sites for hydroxylation is 1. The van der Waals surface area contributed by atoms with Crippen LogP contribution in [0.1, 0.15) is 30.7 Å². The number of hydrogen-bond acceptors (Lipinski definition) is 5. The highest BCUT2D eigenvalue weighted by Gasteiger charge is 2.28. The van der Waals surface area contributed by atoms with Crippen molar-refractivity contribution >= 4 is 23.0 Å². The lowest BCUT2D eigenvalue weighted by Gasteiger charge is -2.38. The number of hydrogen-bond donors (Lipinski definition) is 1. The number of morpholine rings is 1. The molecule has 1 aliphatic heterocycles. The highest BCUT2D eigenvalue weighted by molar-refractivity contribution is 7.80. The minimum atomic E-state index is 0.166. The molecule has 1 aromatic heterocycles. The zero-order valence-electron chi connectivity index (χ0n) is 11.8. The molecule has 2 N–H and O–H groups in total. The SMILES string of the molecule is Cc1nnc(N2CC(C)OCC2C)c(C(N)=S)c1C. The smallest absolute Gasteiger partial charge is 0.162 e. The van der Waals surface area contributed by atoms with Crippen LogP contribution in [-0.2, 0) is 4.74 Å². The molecular weight excluding hydrogens is 260 g/mol. The summed E-state index contributed by atoms with van der Waals surface area (Å²) in [6.45, 7) is 9.50. The average molecular weight is 280 g/mol. The summed E-state index contributed by atoms with van der Waals surface area (Å²) in [5.74, 6) is 0.776. The second-order valence-electron chi connectivity index (χ2n) is 5.12. The molecule has 1 fully saturated rings. The topological polar surface area (TPSA) is 64.3 Å². The highest BCUT2D eigenvalue weighted by Crippen LogP contribution is 2.26. The number of ether oxygens (including phenoxy) is 1. The number of nitrogens with zero attached hydrogens (tertiary/aromatic N) is 3. The summed E-state index contributed by atoms with van der Waals surface area (Å²) in [6, 6.07) is 0.237. The number of thiocarbonyl (C=S) groups is 1. The van der Waals surface area contributed by atoms with Gasteiger partial charge in [-0.15, -0.1) is 5.10 Å². The van der Waals surface area contributed by atoms with E-state index < -0.39 is 0 Å². The van der Waals surface area contributed by atoms with Crippen LogP contribution >= 0.6 is 12.2 Å². The van der Waals surface area contributed by atoms with Gasteiger partial charge < -0.3 is 15.4 Å². The molecule has 104 valence electrons. The summed E-state index contributed by atoms with van der Waals surface area (Å²) in [5, 5.41) is 8.53. The van der Waals surface area contributed by atoms with Crippen molar-refractivity contribution in [2.45, 2.75) is 39.8 Å². The molecule has 0 saturated carbocycles. The second kappa shape index (κ2) is 5.38. The van der Waals surface area contributed by atoms with Crippen molar-refractivity contribution in [1.29, 1.82) is 0 Å². The Morgan fingerprint density at radius 3 is 2.68 bits per heavy atom. The molecule has 2 atom stereocenters. The summed E-state index contributed by atoms with van der Waals surface area (Å²) < 4.78 is 5.64. The highest BCUT2D eigenvalue weighted by atomic mass is 32.1. The predicted octanol–water partition coefficient (Wildman–Crippen LogP) is 1.34. The maximum absolute atomic E-state index is 5.88. The van der Waals surface area contributed by atoms with Gasteiger partial charge in [0.05, 0.1) is 30.0 Å². The number of rotatable bonds is 2. The molecule has 0 aromatic carbocycles. The third kappa shape index (κ3) is 2.69. The number of anilines is 1. The normalized spacial score (nSPS) is 23.5. The Kier molecular flexibility index (Phi) is 4.01. The first-order chi connectivity index (χ1) is 8.91. The first-order valence-corrected chi connectivity index (χ1v) is 6.84. The van der Waals surface area contributed by atoms with Gasteiger partial charge in [-0.2, -0.15) is 5.10 Å². The van der Waals surface area contributed by atoms with Gasteiger partial charge in [-0.3, -0.25) is 0 Å². The van der Waals surface area contributed by atoms with Gasteiger partial charge in [0.15, 0.2) is 5.82 Å². The summed E-state index contributed by atoms with van der Waals surface area (Å²) in [5.41, 5.74) is 8.58. The summed E-state index contributed by atoms with van der Waals surface area (Å²) in [7, 11) is 0. The molecule has 0 spiro atoms. The lowest BCUT2D eigenvalue weighted by molar-refractivity contribution is 0.0339. The monoisotopic (exact) mass is 280 g/mol. The zero-order valence-corrected chi connectivity index (χ0v) is 12.6. The quantitative estimate of drug-likeness (QED) is 0.825. The molecule has 0 radical (unpaired) electrons. The third-order valence-corrected chi connectivity index (χ3v) is 3.77. The average Bonchev–Trinajstić information content (AvgIpc) is 2.35. The van der Waals surface area contributed by atoms with Gasteiger partial charge >= 0.3 is 0 Å². The van der Waals surface area contributed by atoms with Crippen LogP contribution in [0, 0.1) is 13.8 Å². The molecular formula is C13H20N4OS. The Morgan fingerprint density at radius 1 is 1.37 bits per heavy atom. The molecule has 6 heteroatoms. The molecule has 2 unspecified atom stereocenters. The van der Waals surface area contributed by atoms with Crippen LogP contribution in [-0.4, -0.2) is 40.5 Å². The van der Waals surface area contributed by atoms with E-state index in [0.717, 1.165) is 29.2 Å². The Morgan fingerprint density at radius 2 is 2.05 bits per heavy atom. The van der Waals surface area contributed by atoms with Crippen molar-refractivity contribution in [3.8, 4) is 0 Å². The molecule has 2 rings (SSSR count). The fourth-order valence-electron chi connectivity index (χ4n) is 2.29. The Hall–Kier alpha value is -1.27. The van der Waals surface area contributed by atoms with Crippen LogP contribution in [0.3, 0.4) is 0 Å². The molecule has 19 heavy (non-hydrogen) atoms. The third-order valence-electron chi connectivity index (χ3n) is 3.56. The van der Waals surface area contributed by atoms with E-state index in [2.05, 4.69) is 22.0 Å². The molecule has 0 amide bonds. The van der Waals surface area contributed by atoms with Crippen molar-refractivity contribution in [1.82, 2.24) is 10.2 Å². The van der Waals surface area contributed by atoms with Crippen LogP contribution < -0.4 is 10.6 Å². The Labute approximate surface area is 119 Å². The van der Waals surface area contributed by atoms with Crippen molar-refractivity contribution in [3.05, 3.63) is 16.8 Å². The van der Waals surface area contributed by atoms with Gasteiger partial charge in [0, 0.05) is 6.54 Å². The molecule has 1 aliphatic rings. The largest absolute Gasteiger partial charge is 0.389 e. The molecule has 2 heterocycles. The van der Waals surface area contributed by atoms with Crippen molar-refractivity contribution < 1.29 is 4.74 Å². The van der Waals surface area contributed by atoms with Crippen LogP contribution in [0.4, 0.5) is 5.82 Å². The predicted molar refractivity (Wildman–Crippen MR) is 79.6 cm³/mol. The fourth-order valence-corrected chi connectivity index (χ4v) is 2.53. The van der Waals surface area contributed by atoms with Gasteiger partial charge in [-0.25, -0.2) is 0 Å². The van der Waals surface area contributed by atoms with Gasteiger partial charge in [-0.05, 0) is 33.3 Å². The second-order valence-corrected chi connectivity index (χ2v) is 5.56. The minimum Gasteiger partial charge on any atom is -0.389 e. The molecule has 0 aliphatic carbocycles. The lowest BCUT2D eigenvalue weighted by Crippen LogP contribution is -2.48. The molecule has 5 nitrogen and oxygen atoms in total. The van der Waals surface area contributed by atoms with Gasteiger partial charge in [0.2, 0.25) is 0 Å². The summed E-state index contributed by atoms with van der Waals surface area (Å²) in [4.78, 5) is 2.55. The van der Waals surface area contributed by atoms with Crippen LogP contribution in [0.25, 0.3) is 0 Å². The fraction of sp³-hybridized carbons (Fsp3) is 0.615. The van der Waals surface area contributed by atoms with Gasteiger partial charge in [0.25, 0.3) is 0 Å². The van der Waals surface area contributed by atoms with E-state index in [1.165, 1.54) is 0 Å².